The molecule has 4 aromatic rings. The zero-order valence-electron chi connectivity index (χ0n) is 42.5. The van der Waals surface area contributed by atoms with Crippen molar-refractivity contribution < 1.29 is 28.2 Å². The zero-order valence-corrected chi connectivity index (χ0v) is 42.5. The average molecular weight is 969 g/mol. The van der Waals surface area contributed by atoms with Gasteiger partial charge in [0, 0.05) is 96.7 Å². The van der Waals surface area contributed by atoms with E-state index in [1.54, 1.807) is 12.3 Å². The van der Waals surface area contributed by atoms with Crippen molar-refractivity contribution in [2.24, 2.45) is 0 Å². The summed E-state index contributed by atoms with van der Waals surface area (Å²) < 4.78 is 37.9. The summed E-state index contributed by atoms with van der Waals surface area (Å²) in [5.74, 6) is 3.62. The summed E-state index contributed by atoms with van der Waals surface area (Å²) in [5.41, 5.74) is 3.17. The van der Waals surface area contributed by atoms with Crippen molar-refractivity contribution in [3.05, 3.63) is 131 Å². The van der Waals surface area contributed by atoms with Crippen LogP contribution < -0.4 is 4.90 Å². The second-order valence-electron chi connectivity index (χ2n) is 19.9. The predicted octanol–water partition coefficient (Wildman–Crippen LogP) is 6.96. The fourth-order valence-electron chi connectivity index (χ4n) is 9.19. The molecule has 9 rings (SSSR count). The Morgan fingerprint density at radius 2 is 1.24 bits per heavy atom. The van der Waals surface area contributed by atoms with Crippen molar-refractivity contribution in [3.8, 4) is 12.3 Å². The van der Waals surface area contributed by atoms with Crippen molar-refractivity contribution in [1.82, 2.24) is 34.4 Å². The number of likely N-dealkylation sites (tertiary alicyclic amines) is 2. The number of alkyl halides is 3. The van der Waals surface area contributed by atoms with Gasteiger partial charge in [-0.1, -0.05) is 72.7 Å². The summed E-state index contributed by atoms with van der Waals surface area (Å²) in [5, 5.41) is 20.9. The molecule has 0 radical (unpaired) electrons. The Bertz CT molecular complexity index is 2170. The fourth-order valence-corrected chi connectivity index (χ4v) is 9.19. The molecule has 0 unspecified atom stereocenters. The van der Waals surface area contributed by atoms with Crippen LogP contribution >= 0.6 is 0 Å². The van der Waals surface area contributed by atoms with Crippen molar-refractivity contribution in [3.63, 3.8) is 0 Å². The van der Waals surface area contributed by atoms with Crippen LogP contribution in [0.5, 0.6) is 0 Å². The van der Waals surface area contributed by atoms with Gasteiger partial charge in [0.15, 0.2) is 0 Å². The molecule has 70 heavy (non-hydrogen) atoms. The van der Waals surface area contributed by atoms with Gasteiger partial charge in [-0.3, -0.25) is 4.79 Å². The third kappa shape index (κ3) is 18.7. The van der Waals surface area contributed by atoms with E-state index in [2.05, 4.69) is 105 Å². The Morgan fingerprint density at radius 1 is 0.643 bits per heavy atom. The molecule has 0 bridgehead atoms. The first kappa shape index (κ1) is 56.1. The average Bonchev–Trinajstić information content (AvgIpc) is 3.73. The molecule has 2 N–H and O–H groups in total. The van der Waals surface area contributed by atoms with Gasteiger partial charge in [-0.15, -0.1) is 6.42 Å². The lowest BCUT2D eigenvalue weighted by atomic mass is 9.84. The lowest BCUT2D eigenvalue weighted by Gasteiger charge is -2.37. The van der Waals surface area contributed by atoms with Gasteiger partial charge in [-0.2, -0.15) is 13.2 Å². The summed E-state index contributed by atoms with van der Waals surface area (Å²) in [6.07, 6.45) is 10.7. The van der Waals surface area contributed by atoms with E-state index >= 15 is 0 Å². The number of amides is 1. The standard InChI is InChI=1S/C13H16F3NO.C13H17N3.C13H19NO.C10H13N.C7H14N2O/c1-17-7-5-12(18,6-8-17)10-3-2-4-11(9-10)13(14,15)16;1-3-12-5-6-13(14-11-12)16-8-4-7-15(2)9-10-16;1-14-9-7-13(15,8-10-14)11-12-5-3-2-4-6-12;1-11-7-6-9-4-2-3-5-10(9)8-11;1-8-3-2-4-9(7-10)6-5-8/h2-4,9,18H,5-8H2,1H3;1,5-6,11H,4,7-10H2,2H3;2-6,15H,7-11H2,1H3;2-5H,6-8H2,1H3;7H,2-6H2,1H3. The van der Waals surface area contributed by atoms with Crippen LogP contribution in [-0.4, -0.2) is 177 Å². The minimum Gasteiger partial charge on any atom is -0.389 e. The summed E-state index contributed by atoms with van der Waals surface area (Å²) >= 11 is 0. The Balaban J connectivity index is 0.000000165. The molecule has 0 atom stereocenters. The van der Waals surface area contributed by atoms with Crippen LogP contribution in [0.25, 0.3) is 0 Å². The first-order valence-electron chi connectivity index (χ1n) is 25.0. The van der Waals surface area contributed by atoms with Gasteiger partial charge in [0.1, 0.15) is 5.82 Å². The van der Waals surface area contributed by atoms with Crippen LogP contribution in [0.4, 0.5) is 19.0 Å². The van der Waals surface area contributed by atoms with Crippen molar-refractivity contribution in [1.29, 1.82) is 0 Å². The summed E-state index contributed by atoms with van der Waals surface area (Å²) in [6, 6.07) is 28.0. The lowest BCUT2D eigenvalue weighted by molar-refractivity contribution is -0.137. The van der Waals surface area contributed by atoms with E-state index < -0.39 is 22.9 Å². The number of anilines is 1. The normalized spacial score (nSPS) is 20.1. The van der Waals surface area contributed by atoms with Crippen LogP contribution in [0.1, 0.15) is 71.9 Å². The molecular formula is C56H79F3N8O3. The van der Waals surface area contributed by atoms with Crippen LogP contribution in [0, 0.1) is 12.3 Å². The number of terminal acetylenes is 1. The Hall–Kier alpha value is -4.85. The minimum absolute atomic E-state index is 0.366. The number of pyridine rings is 1. The second-order valence-corrected chi connectivity index (χ2v) is 19.9. The summed E-state index contributed by atoms with van der Waals surface area (Å²) in [4.78, 5) is 30.2. The van der Waals surface area contributed by atoms with E-state index in [-0.39, 0.29) is 0 Å². The number of halogens is 3. The molecule has 3 aromatic carbocycles. The maximum absolute atomic E-state index is 12.6. The third-order valence-corrected chi connectivity index (χ3v) is 14.0. The molecular weight excluding hydrogens is 890 g/mol. The molecule has 14 heteroatoms. The van der Waals surface area contributed by atoms with Crippen molar-refractivity contribution >= 4 is 12.2 Å². The number of piperidine rings is 2. The molecule has 4 fully saturated rings. The molecule has 0 aliphatic carbocycles. The van der Waals surface area contributed by atoms with Crippen molar-refractivity contribution in [2.75, 3.05) is 125 Å². The molecule has 382 valence electrons. The van der Waals surface area contributed by atoms with Gasteiger partial charge < -0.3 is 44.5 Å². The van der Waals surface area contributed by atoms with Gasteiger partial charge >= 0.3 is 6.18 Å². The highest BCUT2D eigenvalue weighted by molar-refractivity contribution is 5.47. The Kier molecular flexibility index (Phi) is 22.2. The van der Waals surface area contributed by atoms with Gasteiger partial charge in [0.05, 0.1) is 16.8 Å². The molecule has 4 saturated heterocycles. The van der Waals surface area contributed by atoms with Gasteiger partial charge in [0.2, 0.25) is 6.41 Å². The molecule has 1 amide bonds. The van der Waals surface area contributed by atoms with Crippen LogP contribution in [0.3, 0.4) is 0 Å². The number of benzene rings is 3. The highest BCUT2D eigenvalue weighted by Crippen LogP contribution is 2.36. The first-order chi connectivity index (χ1) is 33.5. The van der Waals surface area contributed by atoms with Gasteiger partial charge in [-0.05, 0) is 140 Å². The number of hydrogen-bond acceptors (Lipinski definition) is 10. The first-order valence-corrected chi connectivity index (χ1v) is 25.0. The largest absolute Gasteiger partial charge is 0.416 e. The molecule has 0 saturated carbocycles. The number of aliphatic hydroxyl groups is 2. The monoisotopic (exact) mass is 969 g/mol. The molecule has 11 nitrogen and oxygen atoms in total. The highest BCUT2D eigenvalue weighted by Gasteiger charge is 2.36. The molecule has 1 aromatic heterocycles. The van der Waals surface area contributed by atoms with Crippen LogP contribution in [-0.2, 0) is 36.0 Å². The molecule has 0 spiro atoms. The lowest BCUT2D eigenvalue weighted by Crippen LogP contribution is -2.44. The highest BCUT2D eigenvalue weighted by atomic mass is 19.4. The van der Waals surface area contributed by atoms with Gasteiger partial charge in [-0.25, -0.2) is 4.98 Å². The predicted molar refractivity (Wildman–Crippen MR) is 277 cm³/mol. The maximum atomic E-state index is 12.6. The Morgan fingerprint density at radius 3 is 1.86 bits per heavy atom. The number of carbonyl (C=O) groups is 1. The second kappa shape index (κ2) is 27.7. The zero-order chi connectivity index (χ0) is 50.6. The number of fused-ring (bicyclic) bond motifs is 1. The Labute approximate surface area is 416 Å². The molecule has 5 aliphatic heterocycles. The number of carbonyl (C=O) groups excluding carboxylic acids is 1. The van der Waals surface area contributed by atoms with E-state index in [4.69, 9.17) is 6.42 Å². The van der Waals surface area contributed by atoms with E-state index in [9.17, 15) is 28.2 Å². The van der Waals surface area contributed by atoms with E-state index in [0.29, 0.717) is 31.5 Å². The maximum Gasteiger partial charge on any atom is 0.416 e. The molecule has 5 aliphatic rings. The fraction of sp³-hybridized carbons (Fsp3) is 0.536. The van der Waals surface area contributed by atoms with E-state index in [0.717, 1.165) is 121 Å². The SMILES string of the molecule is C#Cc1ccc(N2CCCN(C)CC2)nc1.CN1CCC(O)(Cc2ccccc2)CC1.CN1CCC(O)(c2cccc(C(F)(F)F)c2)CC1.CN1CCCN(C=O)CC1.CN1CCc2ccccc2C1. The third-order valence-electron chi connectivity index (χ3n) is 14.0. The minimum atomic E-state index is -4.36. The smallest absolute Gasteiger partial charge is 0.389 e. The number of likely N-dealkylation sites (N-methyl/N-ethyl adjacent to an activating group) is 3. The van der Waals surface area contributed by atoms with E-state index in [1.165, 1.54) is 48.7 Å². The number of rotatable bonds is 5. The quantitative estimate of drug-likeness (QED) is 0.162. The van der Waals surface area contributed by atoms with Gasteiger partial charge in [0.25, 0.3) is 0 Å². The van der Waals surface area contributed by atoms with Crippen LogP contribution in [0.2, 0.25) is 0 Å². The number of hydrogen-bond donors (Lipinski definition) is 2. The summed E-state index contributed by atoms with van der Waals surface area (Å²) in [6.45, 7) is 14.0. The summed E-state index contributed by atoms with van der Waals surface area (Å²) in [7, 11) is 10.5. The number of aromatic nitrogens is 1. The van der Waals surface area contributed by atoms with Crippen LogP contribution in [0.15, 0.2) is 97.2 Å². The van der Waals surface area contributed by atoms with E-state index in [1.807, 2.05) is 42.3 Å². The topological polar surface area (TPSA) is 93.1 Å². The van der Waals surface area contributed by atoms with Crippen molar-refractivity contribution in [2.45, 2.75) is 75.3 Å². The molecule has 6 heterocycles. The number of nitrogens with zero attached hydrogens (tertiary/aromatic N) is 8.